The van der Waals surface area contributed by atoms with Gasteiger partial charge in [-0.1, -0.05) is 39.5 Å². The smallest absolute Gasteiger partial charge is 0.191 e. The van der Waals surface area contributed by atoms with E-state index in [0.717, 1.165) is 36.2 Å². The Balaban J connectivity index is 2.86. The Hall–Kier alpha value is -0.970. The van der Waals surface area contributed by atoms with Gasteiger partial charge in [0, 0.05) is 18.7 Å². The Morgan fingerprint density at radius 3 is 2.42 bits per heavy atom. The first kappa shape index (κ1) is 16.1. The molecule has 0 aliphatic heterocycles. The number of hydrogen-bond acceptors (Lipinski definition) is 5. The molecule has 0 radical (unpaired) electrons. The maximum atomic E-state index is 4.53. The van der Waals surface area contributed by atoms with Gasteiger partial charge in [0.1, 0.15) is 11.6 Å². The first-order chi connectivity index (χ1) is 9.10. The van der Waals surface area contributed by atoms with Crippen LogP contribution in [0.15, 0.2) is 11.2 Å². The molecule has 1 aromatic heterocycles. The van der Waals surface area contributed by atoms with Crippen LogP contribution in [-0.4, -0.2) is 28.8 Å². The Morgan fingerprint density at radius 1 is 1.21 bits per heavy atom. The fraction of sp³-hybridized carbons (Fsp3) is 0.714. The molecule has 19 heavy (non-hydrogen) atoms. The van der Waals surface area contributed by atoms with E-state index >= 15 is 0 Å². The summed E-state index contributed by atoms with van der Waals surface area (Å²) in [5.74, 6) is 2.41. The van der Waals surface area contributed by atoms with Crippen LogP contribution in [-0.2, 0) is 0 Å². The Morgan fingerprint density at radius 2 is 1.89 bits per heavy atom. The molecule has 0 aliphatic carbocycles. The second-order valence-corrected chi connectivity index (χ2v) is 5.73. The Kier molecular flexibility index (Phi) is 6.99. The lowest BCUT2D eigenvalue weighted by molar-refractivity contribution is 0.509. The number of hydrogen-bond donors (Lipinski definition) is 2. The number of nitrogens with one attached hydrogen (secondary N) is 2. The molecule has 2 N–H and O–H groups in total. The quantitative estimate of drug-likeness (QED) is 0.560. The van der Waals surface area contributed by atoms with Gasteiger partial charge in [-0.3, -0.25) is 0 Å². The average molecular weight is 282 g/mol. The van der Waals surface area contributed by atoms with Gasteiger partial charge in [0.15, 0.2) is 5.16 Å². The summed E-state index contributed by atoms with van der Waals surface area (Å²) >= 11 is 1.57. The van der Waals surface area contributed by atoms with Crippen LogP contribution in [0.5, 0.6) is 0 Å². The maximum absolute atomic E-state index is 4.53. The first-order valence-electron chi connectivity index (χ1n) is 7.04. The van der Waals surface area contributed by atoms with Crippen molar-refractivity contribution in [2.24, 2.45) is 5.92 Å². The van der Waals surface area contributed by atoms with Crippen molar-refractivity contribution < 1.29 is 0 Å². The number of thioether (sulfide) groups is 1. The third-order valence-corrected chi connectivity index (χ3v) is 3.57. The standard InChI is InChI=1S/C14H26N4S/c1-6-8-15-12-9-13(18-14(17-12)19-5)16-11(7-2)10(3)4/h9-11H,6-8H2,1-5H3,(H2,15,16,17,18). The van der Waals surface area contributed by atoms with Crippen molar-refractivity contribution in [2.75, 3.05) is 23.4 Å². The van der Waals surface area contributed by atoms with Gasteiger partial charge in [-0.05, 0) is 25.0 Å². The zero-order valence-electron chi connectivity index (χ0n) is 12.7. The highest BCUT2D eigenvalue weighted by Crippen LogP contribution is 2.20. The van der Waals surface area contributed by atoms with E-state index < -0.39 is 0 Å². The molecule has 0 spiro atoms. The van der Waals surface area contributed by atoms with Crippen molar-refractivity contribution >= 4 is 23.4 Å². The molecule has 0 saturated carbocycles. The minimum absolute atomic E-state index is 0.448. The monoisotopic (exact) mass is 282 g/mol. The predicted molar refractivity (Wildman–Crippen MR) is 85.1 cm³/mol. The van der Waals surface area contributed by atoms with E-state index in [2.05, 4.69) is 48.3 Å². The second kappa shape index (κ2) is 8.25. The lowest BCUT2D eigenvalue weighted by Crippen LogP contribution is -2.25. The zero-order chi connectivity index (χ0) is 14.3. The van der Waals surface area contributed by atoms with Crippen molar-refractivity contribution in [2.45, 2.75) is 51.7 Å². The van der Waals surface area contributed by atoms with Crippen molar-refractivity contribution in [3.8, 4) is 0 Å². The molecule has 0 amide bonds. The molecule has 0 fully saturated rings. The predicted octanol–water partition coefficient (Wildman–Crippen LogP) is 3.87. The normalized spacial score (nSPS) is 12.5. The molecule has 4 nitrogen and oxygen atoms in total. The largest absolute Gasteiger partial charge is 0.370 e. The summed E-state index contributed by atoms with van der Waals surface area (Å²) in [5.41, 5.74) is 0. The molecule has 0 aliphatic rings. The van der Waals surface area contributed by atoms with E-state index in [1.807, 2.05) is 12.3 Å². The minimum Gasteiger partial charge on any atom is -0.370 e. The third kappa shape index (κ3) is 5.27. The fourth-order valence-corrected chi connectivity index (χ4v) is 2.24. The summed E-state index contributed by atoms with van der Waals surface area (Å²) in [4.78, 5) is 9.00. The van der Waals surface area contributed by atoms with Gasteiger partial charge in [0.2, 0.25) is 0 Å². The van der Waals surface area contributed by atoms with Gasteiger partial charge < -0.3 is 10.6 Å². The third-order valence-electron chi connectivity index (χ3n) is 3.02. The second-order valence-electron chi connectivity index (χ2n) is 4.95. The first-order valence-corrected chi connectivity index (χ1v) is 8.26. The molecular weight excluding hydrogens is 256 g/mol. The lowest BCUT2D eigenvalue weighted by Gasteiger charge is -2.21. The molecule has 1 atom stereocenters. The number of nitrogens with zero attached hydrogens (tertiary/aromatic N) is 2. The molecule has 1 aromatic rings. The molecule has 0 saturated heterocycles. The van der Waals surface area contributed by atoms with E-state index in [1.54, 1.807) is 11.8 Å². The molecule has 108 valence electrons. The van der Waals surface area contributed by atoms with Gasteiger partial charge in [0.05, 0.1) is 0 Å². The van der Waals surface area contributed by atoms with Crippen LogP contribution in [0.3, 0.4) is 0 Å². The molecule has 0 bridgehead atoms. The van der Waals surface area contributed by atoms with E-state index in [1.165, 1.54) is 0 Å². The van der Waals surface area contributed by atoms with Crippen LogP contribution in [0.2, 0.25) is 0 Å². The van der Waals surface area contributed by atoms with Gasteiger partial charge >= 0.3 is 0 Å². The number of anilines is 2. The van der Waals surface area contributed by atoms with Crippen molar-refractivity contribution in [3.63, 3.8) is 0 Å². The highest BCUT2D eigenvalue weighted by molar-refractivity contribution is 7.98. The van der Waals surface area contributed by atoms with Crippen LogP contribution in [0.4, 0.5) is 11.6 Å². The molecule has 0 aromatic carbocycles. The minimum atomic E-state index is 0.448. The van der Waals surface area contributed by atoms with Gasteiger partial charge in [-0.15, -0.1) is 0 Å². The molecule has 1 heterocycles. The molecule has 1 unspecified atom stereocenters. The van der Waals surface area contributed by atoms with Crippen LogP contribution >= 0.6 is 11.8 Å². The summed E-state index contributed by atoms with van der Waals surface area (Å²) in [6.45, 7) is 9.74. The van der Waals surface area contributed by atoms with Crippen molar-refractivity contribution in [1.29, 1.82) is 0 Å². The van der Waals surface area contributed by atoms with Crippen LogP contribution in [0, 0.1) is 5.92 Å². The fourth-order valence-electron chi connectivity index (χ4n) is 1.86. The zero-order valence-corrected chi connectivity index (χ0v) is 13.5. The maximum Gasteiger partial charge on any atom is 0.191 e. The summed E-state index contributed by atoms with van der Waals surface area (Å²) in [7, 11) is 0. The van der Waals surface area contributed by atoms with E-state index in [0.29, 0.717) is 12.0 Å². The average Bonchev–Trinajstić information content (AvgIpc) is 2.41. The van der Waals surface area contributed by atoms with Gasteiger partial charge in [0.25, 0.3) is 0 Å². The van der Waals surface area contributed by atoms with Crippen molar-refractivity contribution in [1.82, 2.24) is 9.97 Å². The number of rotatable bonds is 8. The van der Waals surface area contributed by atoms with Crippen LogP contribution < -0.4 is 10.6 Å². The number of aromatic nitrogens is 2. The highest BCUT2D eigenvalue weighted by Gasteiger charge is 2.12. The van der Waals surface area contributed by atoms with E-state index in [-0.39, 0.29) is 0 Å². The molecular formula is C14H26N4S. The summed E-state index contributed by atoms with van der Waals surface area (Å²) in [6, 6.07) is 2.45. The highest BCUT2D eigenvalue weighted by atomic mass is 32.2. The molecule has 1 rings (SSSR count). The van der Waals surface area contributed by atoms with Gasteiger partial charge in [-0.2, -0.15) is 0 Å². The molecule has 5 heteroatoms. The topological polar surface area (TPSA) is 49.8 Å². The summed E-state index contributed by atoms with van der Waals surface area (Å²) in [6.07, 6.45) is 4.18. The van der Waals surface area contributed by atoms with Crippen molar-refractivity contribution in [3.05, 3.63) is 6.07 Å². The Labute approximate surface area is 121 Å². The summed E-state index contributed by atoms with van der Waals surface area (Å²) in [5, 5.41) is 7.65. The van der Waals surface area contributed by atoms with Gasteiger partial charge in [-0.25, -0.2) is 9.97 Å². The lowest BCUT2D eigenvalue weighted by atomic mass is 10.0. The van der Waals surface area contributed by atoms with Crippen LogP contribution in [0.25, 0.3) is 0 Å². The Bertz CT molecular complexity index is 382. The SMILES string of the molecule is CCCNc1cc(NC(CC)C(C)C)nc(SC)n1. The van der Waals surface area contributed by atoms with E-state index in [9.17, 15) is 0 Å². The summed E-state index contributed by atoms with van der Waals surface area (Å²) < 4.78 is 0. The van der Waals surface area contributed by atoms with Crippen LogP contribution in [0.1, 0.15) is 40.5 Å². The van der Waals surface area contributed by atoms with E-state index in [4.69, 9.17) is 0 Å².